The van der Waals surface area contributed by atoms with Gasteiger partial charge >= 0.3 is 0 Å². The third-order valence-electron chi connectivity index (χ3n) is 4.70. The monoisotopic (exact) mass is 333 g/mol. The molecule has 1 aliphatic rings. The van der Waals surface area contributed by atoms with Crippen LogP contribution in [0.5, 0.6) is 0 Å². The molecule has 6 heteroatoms. The molecule has 0 aliphatic carbocycles. The average molecular weight is 333 g/mol. The van der Waals surface area contributed by atoms with E-state index in [0.29, 0.717) is 6.42 Å². The number of hydrogen-bond acceptors (Lipinski definition) is 4. The molecule has 2 heterocycles. The minimum atomic E-state index is 0.134. The number of carbonyl (C=O) groups excluding carboxylic acids is 1. The van der Waals surface area contributed by atoms with E-state index in [9.17, 15) is 4.79 Å². The Bertz CT molecular complexity index is 873. The molecule has 25 heavy (non-hydrogen) atoms. The Labute approximate surface area is 146 Å². The first-order valence-corrected chi connectivity index (χ1v) is 8.44. The number of rotatable bonds is 3. The summed E-state index contributed by atoms with van der Waals surface area (Å²) in [5, 5.41) is 11.1. The smallest absolute Gasteiger partial charge is 0.231 e. The Balaban J connectivity index is 1.54. The van der Waals surface area contributed by atoms with Gasteiger partial charge in [0.05, 0.1) is 12.1 Å². The molecule has 0 spiro atoms. The second kappa shape index (κ2) is 6.47. The summed E-state index contributed by atoms with van der Waals surface area (Å²) in [6, 6.07) is 16.2. The van der Waals surface area contributed by atoms with Crippen molar-refractivity contribution in [2.75, 3.05) is 4.90 Å². The molecule has 0 saturated heterocycles. The minimum Gasteiger partial charge on any atom is -0.309 e. The average Bonchev–Trinajstić information content (AvgIpc) is 3.17. The highest BCUT2D eigenvalue weighted by molar-refractivity contribution is 5.96. The molecule has 2 aromatic carbocycles. The van der Waals surface area contributed by atoms with Crippen LogP contribution in [0.3, 0.4) is 0 Å². The van der Waals surface area contributed by atoms with Crippen LogP contribution in [0.15, 0.2) is 54.9 Å². The summed E-state index contributed by atoms with van der Waals surface area (Å²) in [7, 11) is 0. The fraction of sp³-hybridized carbons (Fsp3) is 0.263. The maximum absolute atomic E-state index is 12.9. The standard InChI is InChI=1S/C19H19N5O/c1-14-6-9-16-4-2-3-5-18(16)24(14)19(25)12-15-7-10-17(11-8-15)23-13-20-21-22-23/h2-5,7-8,10-11,13-14H,6,9,12H2,1H3. The van der Waals surface area contributed by atoms with Crippen molar-refractivity contribution in [1.29, 1.82) is 0 Å². The van der Waals surface area contributed by atoms with Crippen molar-refractivity contribution in [1.82, 2.24) is 20.2 Å². The molecule has 0 radical (unpaired) electrons. The zero-order chi connectivity index (χ0) is 17.2. The van der Waals surface area contributed by atoms with E-state index in [2.05, 4.69) is 28.5 Å². The van der Waals surface area contributed by atoms with Crippen LogP contribution in [-0.4, -0.2) is 32.2 Å². The molecule has 1 aliphatic heterocycles. The zero-order valence-corrected chi connectivity index (χ0v) is 14.0. The second-order valence-corrected chi connectivity index (χ2v) is 6.38. The van der Waals surface area contributed by atoms with Crippen LogP contribution < -0.4 is 4.90 Å². The van der Waals surface area contributed by atoms with Crippen LogP contribution in [0.2, 0.25) is 0 Å². The number of hydrogen-bond donors (Lipinski definition) is 0. The van der Waals surface area contributed by atoms with E-state index >= 15 is 0 Å². The van der Waals surface area contributed by atoms with Gasteiger partial charge in [-0.2, -0.15) is 0 Å². The lowest BCUT2D eigenvalue weighted by molar-refractivity contribution is -0.118. The summed E-state index contributed by atoms with van der Waals surface area (Å²) in [6.07, 6.45) is 3.96. The van der Waals surface area contributed by atoms with Crippen LogP contribution in [0.4, 0.5) is 5.69 Å². The van der Waals surface area contributed by atoms with E-state index in [1.807, 2.05) is 47.4 Å². The normalized spacial score (nSPS) is 16.5. The van der Waals surface area contributed by atoms with Gasteiger partial charge in [-0.05, 0) is 59.5 Å². The van der Waals surface area contributed by atoms with Crippen molar-refractivity contribution in [3.63, 3.8) is 0 Å². The molecule has 0 saturated carbocycles. The summed E-state index contributed by atoms with van der Waals surface area (Å²) in [5.41, 5.74) is 4.16. The van der Waals surface area contributed by atoms with Crippen molar-refractivity contribution in [3.8, 4) is 5.69 Å². The minimum absolute atomic E-state index is 0.134. The van der Waals surface area contributed by atoms with E-state index in [1.165, 1.54) is 5.56 Å². The number of anilines is 1. The molecule has 1 aromatic heterocycles. The number of para-hydroxylation sites is 1. The van der Waals surface area contributed by atoms with Gasteiger partial charge in [-0.15, -0.1) is 5.10 Å². The molecule has 0 N–H and O–H groups in total. The van der Waals surface area contributed by atoms with Gasteiger partial charge in [-0.1, -0.05) is 30.3 Å². The Morgan fingerprint density at radius 1 is 1.16 bits per heavy atom. The highest BCUT2D eigenvalue weighted by Crippen LogP contribution is 2.31. The SMILES string of the molecule is CC1CCc2ccccc2N1C(=O)Cc1ccc(-n2cnnn2)cc1. The van der Waals surface area contributed by atoms with Gasteiger partial charge < -0.3 is 4.90 Å². The number of nitrogens with zero attached hydrogens (tertiary/aromatic N) is 5. The van der Waals surface area contributed by atoms with Gasteiger partial charge in [-0.3, -0.25) is 4.79 Å². The third kappa shape index (κ3) is 3.03. The van der Waals surface area contributed by atoms with Gasteiger partial charge in [0.2, 0.25) is 5.91 Å². The fourth-order valence-electron chi connectivity index (χ4n) is 3.37. The van der Waals surface area contributed by atoms with Crippen molar-refractivity contribution < 1.29 is 4.79 Å². The molecule has 0 bridgehead atoms. The Hall–Kier alpha value is -3.02. The van der Waals surface area contributed by atoms with Gasteiger partial charge in [-0.25, -0.2) is 4.68 Å². The van der Waals surface area contributed by atoms with E-state index < -0.39 is 0 Å². The first-order valence-electron chi connectivity index (χ1n) is 8.44. The van der Waals surface area contributed by atoms with Crippen LogP contribution in [0.25, 0.3) is 5.69 Å². The Kier molecular flexibility index (Phi) is 4.01. The lowest BCUT2D eigenvalue weighted by Crippen LogP contribution is -2.42. The molecule has 1 atom stereocenters. The zero-order valence-electron chi connectivity index (χ0n) is 14.0. The Morgan fingerprint density at radius 3 is 2.72 bits per heavy atom. The van der Waals surface area contributed by atoms with Crippen LogP contribution >= 0.6 is 0 Å². The predicted octanol–water partition coefficient (Wildman–Crippen LogP) is 2.57. The third-order valence-corrected chi connectivity index (χ3v) is 4.70. The summed E-state index contributed by atoms with van der Waals surface area (Å²) in [4.78, 5) is 14.9. The number of tetrazole rings is 1. The van der Waals surface area contributed by atoms with E-state index in [-0.39, 0.29) is 11.9 Å². The van der Waals surface area contributed by atoms with E-state index in [1.54, 1.807) is 11.0 Å². The number of fused-ring (bicyclic) bond motifs is 1. The summed E-state index contributed by atoms with van der Waals surface area (Å²) >= 11 is 0. The van der Waals surface area contributed by atoms with Crippen LogP contribution in [-0.2, 0) is 17.6 Å². The Morgan fingerprint density at radius 2 is 1.96 bits per heavy atom. The van der Waals surface area contributed by atoms with Gasteiger partial charge in [0.25, 0.3) is 0 Å². The lowest BCUT2D eigenvalue weighted by Gasteiger charge is -2.35. The predicted molar refractivity (Wildman–Crippen MR) is 94.6 cm³/mol. The van der Waals surface area contributed by atoms with Gasteiger partial charge in [0.15, 0.2) is 0 Å². The second-order valence-electron chi connectivity index (χ2n) is 6.38. The maximum atomic E-state index is 12.9. The molecular weight excluding hydrogens is 314 g/mol. The van der Waals surface area contributed by atoms with Crippen molar-refractivity contribution in [2.24, 2.45) is 0 Å². The van der Waals surface area contributed by atoms with Crippen molar-refractivity contribution in [2.45, 2.75) is 32.2 Å². The summed E-state index contributed by atoms with van der Waals surface area (Å²) < 4.78 is 1.59. The van der Waals surface area contributed by atoms with E-state index in [0.717, 1.165) is 29.8 Å². The van der Waals surface area contributed by atoms with E-state index in [4.69, 9.17) is 0 Å². The molecule has 3 aromatic rings. The topological polar surface area (TPSA) is 63.9 Å². The number of aromatic nitrogens is 4. The quantitative estimate of drug-likeness (QED) is 0.739. The lowest BCUT2D eigenvalue weighted by atomic mass is 9.96. The largest absolute Gasteiger partial charge is 0.309 e. The molecule has 0 fully saturated rings. The molecule has 1 unspecified atom stereocenters. The summed E-state index contributed by atoms with van der Waals surface area (Å²) in [6.45, 7) is 2.12. The highest BCUT2D eigenvalue weighted by Gasteiger charge is 2.27. The molecule has 4 rings (SSSR count). The van der Waals surface area contributed by atoms with Crippen molar-refractivity contribution in [3.05, 3.63) is 66.0 Å². The highest BCUT2D eigenvalue weighted by atomic mass is 16.2. The van der Waals surface area contributed by atoms with Crippen molar-refractivity contribution >= 4 is 11.6 Å². The summed E-state index contributed by atoms with van der Waals surface area (Å²) in [5.74, 6) is 0.134. The van der Waals surface area contributed by atoms with Gasteiger partial charge in [0, 0.05) is 11.7 Å². The molecule has 1 amide bonds. The fourth-order valence-corrected chi connectivity index (χ4v) is 3.37. The van der Waals surface area contributed by atoms with Gasteiger partial charge in [0.1, 0.15) is 6.33 Å². The first-order chi connectivity index (χ1) is 12.2. The number of amides is 1. The molecular formula is C19H19N5O. The maximum Gasteiger partial charge on any atom is 0.231 e. The van der Waals surface area contributed by atoms with Crippen LogP contribution in [0, 0.1) is 0 Å². The van der Waals surface area contributed by atoms with Crippen LogP contribution in [0.1, 0.15) is 24.5 Å². The molecule has 126 valence electrons. The molecule has 6 nitrogen and oxygen atoms in total. The number of benzene rings is 2. The number of carbonyl (C=O) groups is 1. The first kappa shape index (κ1) is 15.5. The number of aryl methyl sites for hydroxylation is 1.